The fourth-order valence-corrected chi connectivity index (χ4v) is 3.59. The van der Waals surface area contributed by atoms with Gasteiger partial charge in [0.2, 0.25) is 5.91 Å². The number of thiophene rings is 1. The van der Waals surface area contributed by atoms with Crippen molar-refractivity contribution < 1.29 is 14.3 Å². The van der Waals surface area contributed by atoms with E-state index >= 15 is 0 Å². The first-order valence-electron chi connectivity index (χ1n) is 7.60. The van der Waals surface area contributed by atoms with Gasteiger partial charge in [-0.15, -0.1) is 11.3 Å². The summed E-state index contributed by atoms with van der Waals surface area (Å²) in [4.78, 5) is 27.3. The van der Waals surface area contributed by atoms with E-state index in [-0.39, 0.29) is 5.91 Å². The number of hydrogen-bond donors (Lipinski definition) is 2. The number of methoxy groups -OCH3 is 1. The van der Waals surface area contributed by atoms with E-state index < -0.39 is 0 Å². The molecule has 24 heavy (non-hydrogen) atoms. The maximum absolute atomic E-state index is 11.2. The first-order chi connectivity index (χ1) is 11.6. The SMILES string of the molecule is COc1ccc2[nH]c(-c3ccc(C=O)s3)c(CCNC(C)=O)c2c1. The zero-order valence-corrected chi connectivity index (χ0v) is 14.3. The molecule has 3 rings (SSSR count). The Hall–Kier alpha value is -2.60. The van der Waals surface area contributed by atoms with Crippen LogP contribution in [0.4, 0.5) is 0 Å². The minimum atomic E-state index is -0.0478. The molecular formula is C18H18N2O3S. The Bertz CT molecular complexity index is 895. The zero-order valence-electron chi connectivity index (χ0n) is 13.5. The number of carbonyl (C=O) groups excluding carboxylic acids is 2. The van der Waals surface area contributed by atoms with Crippen LogP contribution in [-0.2, 0) is 11.2 Å². The average molecular weight is 342 g/mol. The van der Waals surface area contributed by atoms with Crippen molar-refractivity contribution >= 4 is 34.4 Å². The number of H-pyrrole nitrogens is 1. The van der Waals surface area contributed by atoms with Crippen molar-refractivity contribution in [2.45, 2.75) is 13.3 Å². The van der Waals surface area contributed by atoms with Gasteiger partial charge in [0.1, 0.15) is 5.75 Å². The lowest BCUT2D eigenvalue weighted by molar-refractivity contribution is -0.118. The van der Waals surface area contributed by atoms with Crippen molar-refractivity contribution in [1.82, 2.24) is 10.3 Å². The molecular weight excluding hydrogens is 324 g/mol. The molecule has 0 atom stereocenters. The summed E-state index contributed by atoms with van der Waals surface area (Å²) in [5.74, 6) is 0.738. The van der Waals surface area contributed by atoms with Crippen molar-refractivity contribution in [1.29, 1.82) is 0 Å². The van der Waals surface area contributed by atoms with Gasteiger partial charge in [-0.3, -0.25) is 9.59 Å². The Balaban J connectivity index is 2.08. The lowest BCUT2D eigenvalue weighted by Crippen LogP contribution is -2.22. The van der Waals surface area contributed by atoms with Gasteiger partial charge in [-0.05, 0) is 42.3 Å². The van der Waals surface area contributed by atoms with Gasteiger partial charge in [0.15, 0.2) is 6.29 Å². The molecule has 6 heteroatoms. The summed E-state index contributed by atoms with van der Waals surface area (Å²) in [6.45, 7) is 2.06. The topological polar surface area (TPSA) is 71.2 Å². The molecule has 0 aliphatic heterocycles. The van der Waals surface area contributed by atoms with Crippen molar-refractivity contribution in [3.05, 3.63) is 40.8 Å². The van der Waals surface area contributed by atoms with E-state index in [2.05, 4.69) is 10.3 Å². The molecule has 0 fully saturated rings. The third kappa shape index (κ3) is 3.19. The first kappa shape index (κ1) is 16.3. The molecule has 0 unspecified atom stereocenters. The van der Waals surface area contributed by atoms with Crippen LogP contribution in [0.5, 0.6) is 5.75 Å². The number of amides is 1. The van der Waals surface area contributed by atoms with Gasteiger partial charge in [-0.1, -0.05) is 0 Å². The van der Waals surface area contributed by atoms with Crippen LogP contribution in [0.15, 0.2) is 30.3 Å². The molecule has 124 valence electrons. The summed E-state index contributed by atoms with van der Waals surface area (Å²) < 4.78 is 5.33. The highest BCUT2D eigenvalue weighted by atomic mass is 32.1. The van der Waals surface area contributed by atoms with Gasteiger partial charge >= 0.3 is 0 Å². The van der Waals surface area contributed by atoms with Gasteiger partial charge in [0.25, 0.3) is 0 Å². The molecule has 5 nitrogen and oxygen atoms in total. The molecule has 1 amide bonds. The van der Waals surface area contributed by atoms with E-state index in [1.807, 2.05) is 30.3 Å². The van der Waals surface area contributed by atoms with E-state index in [0.717, 1.165) is 39.1 Å². The number of ether oxygens (including phenoxy) is 1. The minimum absolute atomic E-state index is 0.0478. The van der Waals surface area contributed by atoms with Gasteiger partial charge in [0.05, 0.1) is 22.6 Å². The van der Waals surface area contributed by atoms with E-state index in [1.54, 1.807) is 7.11 Å². The highest BCUT2D eigenvalue weighted by Crippen LogP contribution is 2.35. The van der Waals surface area contributed by atoms with E-state index in [1.165, 1.54) is 18.3 Å². The number of rotatable bonds is 6. The van der Waals surface area contributed by atoms with Crippen molar-refractivity contribution in [3.8, 4) is 16.3 Å². The Morgan fingerprint density at radius 3 is 2.83 bits per heavy atom. The highest BCUT2D eigenvalue weighted by molar-refractivity contribution is 7.17. The number of aromatic nitrogens is 1. The Morgan fingerprint density at radius 1 is 1.33 bits per heavy atom. The lowest BCUT2D eigenvalue weighted by Gasteiger charge is -2.05. The van der Waals surface area contributed by atoms with Crippen LogP contribution in [0.25, 0.3) is 21.5 Å². The monoisotopic (exact) mass is 342 g/mol. The van der Waals surface area contributed by atoms with Crippen LogP contribution in [0.1, 0.15) is 22.2 Å². The van der Waals surface area contributed by atoms with Gasteiger partial charge in [-0.2, -0.15) is 0 Å². The van der Waals surface area contributed by atoms with Crippen molar-refractivity contribution in [2.75, 3.05) is 13.7 Å². The number of carbonyl (C=O) groups is 2. The minimum Gasteiger partial charge on any atom is -0.497 e. The largest absolute Gasteiger partial charge is 0.497 e. The number of aromatic amines is 1. The van der Waals surface area contributed by atoms with E-state index in [4.69, 9.17) is 4.74 Å². The molecule has 0 spiro atoms. The van der Waals surface area contributed by atoms with Crippen LogP contribution < -0.4 is 10.1 Å². The Labute approximate surface area is 143 Å². The van der Waals surface area contributed by atoms with Gasteiger partial charge in [0, 0.05) is 24.4 Å². The molecule has 3 aromatic rings. The predicted octanol–water partition coefficient (Wildman–Crippen LogP) is 3.40. The Morgan fingerprint density at radius 2 is 2.17 bits per heavy atom. The summed E-state index contributed by atoms with van der Waals surface area (Å²) >= 11 is 1.45. The normalized spacial score (nSPS) is 10.8. The molecule has 0 saturated heterocycles. The second kappa shape index (κ2) is 6.88. The quantitative estimate of drug-likeness (QED) is 0.675. The number of fused-ring (bicyclic) bond motifs is 1. The third-order valence-corrected chi connectivity index (χ3v) is 4.88. The van der Waals surface area contributed by atoms with Crippen molar-refractivity contribution in [3.63, 3.8) is 0 Å². The average Bonchev–Trinajstić information content (AvgIpc) is 3.18. The molecule has 2 heterocycles. The summed E-state index contributed by atoms with van der Waals surface area (Å²) in [6, 6.07) is 9.64. The number of aldehydes is 1. The van der Waals surface area contributed by atoms with Gasteiger partial charge in [-0.25, -0.2) is 0 Å². The summed E-state index contributed by atoms with van der Waals surface area (Å²) in [6.07, 6.45) is 1.55. The maximum atomic E-state index is 11.2. The van der Waals surface area contributed by atoms with Crippen LogP contribution in [0, 0.1) is 0 Å². The van der Waals surface area contributed by atoms with Crippen LogP contribution in [0.3, 0.4) is 0 Å². The second-order valence-electron chi connectivity index (χ2n) is 5.44. The van der Waals surface area contributed by atoms with E-state index in [0.29, 0.717) is 17.8 Å². The number of nitrogens with one attached hydrogen (secondary N) is 2. The fraction of sp³-hybridized carbons (Fsp3) is 0.222. The summed E-state index contributed by atoms with van der Waals surface area (Å²) in [5.41, 5.74) is 3.10. The van der Waals surface area contributed by atoms with Crippen LogP contribution in [0.2, 0.25) is 0 Å². The fourth-order valence-electron chi connectivity index (χ4n) is 2.74. The highest BCUT2D eigenvalue weighted by Gasteiger charge is 2.15. The van der Waals surface area contributed by atoms with E-state index in [9.17, 15) is 9.59 Å². The molecule has 0 saturated carbocycles. The molecule has 0 aliphatic rings. The molecule has 2 N–H and O–H groups in total. The predicted molar refractivity (Wildman–Crippen MR) is 95.9 cm³/mol. The molecule has 1 aromatic carbocycles. The van der Waals surface area contributed by atoms with Crippen LogP contribution in [-0.4, -0.2) is 30.8 Å². The molecule has 0 bridgehead atoms. The van der Waals surface area contributed by atoms with Crippen LogP contribution >= 0.6 is 11.3 Å². The molecule has 2 aromatic heterocycles. The van der Waals surface area contributed by atoms with Gasteiger partial charge < -0.3 is 15.0 Å². The standard InChI is InChI=1S/C18H18N2O3S/c1-11(22)19-8-7-14-15-9-12(23-2)3-5-16(15)20-18(14)17-6-4-13(10-21)24-17/h3-6,9-10,20H,7-8H2,1-2H3,(H,19,22). The molecule has 0 aliphatic carbocycles. The Kier molecular flexibility index (Phi) is 4.66. The smallest absolute Gasteiger partial charge is 0.216 e. The number of benzene rings is 1. The number of hydrogen-bond acceptors (Lipinski definition) is 4. The first-order valence-corrected chi connectivity index (χ1v) is 8.42. The summed E-state index contributed by atoms with van der Waals surface area (Å²) in [7, 11) is 1.64. The third-order valence-electron chi connectivity index (χ3n) is 3.85. The summed E-state index contributed by atoms with van der Waals surface area (Å²) in [5, 5.41) is 3.90. The lowest BCUT2D eigenvalue weighted by atomic mass is 10.1. The second-order valence-corrected chi connectivity index (χ2v) is 6.56. The maximum Gasteiger partial charge on any atom is 0.216 e. The molecule has 0 radical (unpaired) electrons. The van der Waals surface area contributed by atoms with Crippen molar-refractivity contribution in [2.24, 2.45) is 0 Å². The zero-order chi connectivity index (χ0) is 17.1.